The standard InChI is InChI=1S/C14H16N4S/c1-3-16-8-11-4-5-14(12(6-11)7-15)19-13-9-17-18(2)10-13/h4-6,9-10,16H,3,8H2,1-2H3. The zero-order valence-corrected chi connectivity index (χ0v) is 11.9. The van der Waals surface area contributed by atoms with E-state index in [9.17, 15) is 5.26 Å². The van der Waals surface area contributed by atoms with Crippen molar-refractivity contribution in [3.8, 4) is 6.07 Å². The van der Waals surface area contributed by atoms with E-state index in [-0.39, 0.29) is 0 Å². The van der Waals surface area contributed by atoms with E-state index in [4.69, 9.17) is 0 Å². The molecule has 5 heteroatoms. The van der Waals surface area contributed by atoms with Crippen LogP contribution in [0.2, 0.25) is 0 Å². The van der Waals surface area contributed by atoms with Crippen molar-refractivity contribution < 1.29 is 0 Å². The van der Waals surface area contributed by atoms with Crippen LogP contribution in [0.25, 0.3) is 0 Å². The highest BCUT2D eigenvalue weighted by molar-refractivity contribution is 7.99. The van der Waals surface area contributed by atoms with Gasteiger partial charge >= 0.3 is 0 Å². The van der Waals surface area contributed by atoms with Crippen LogP contribution in [0.5, 0.6) is 0 Å². The van der Waals surface area contributed by atoms with Crippen LogP contribution >= 0.6 is 11.8 Å². The van der Waals surface area contributed by atoms with E-state index in [0.717, 1.165) is 28.4 Å². The number of hydrogen-bond acceptors (Lipinski definition) is 4. The van der Waals surface area contributed by atoms with Crippen molar-refractivity contribution in [3.05, 3.63) is 41.7 Å². The van der Waals surface area contributed by atoms with Crippen LogP contribution in [-0.4, -0.2) is 16.3 Å². The van der Waals surface area contributed by atoms with Gasteiger partial charge in [-0.25, -0.2) is 0 Å². The molecule has 0 radical (unpaired) electrons. The highest BCUT2D eigenvalue weighted by Crippen LogP contribution is 2.30. The Balaban J connectivity index is 2.19. The van der Waals surface area contributed by atoms with Gasteiger partial charge in [0.25, 0.3) is 0 Å². The molecular formula is C14H16N4S. The van der Waals surface area contributed by atoms with Gasteiger partial charge in [0.2, 0.25) is 0 Å². The van der Waals surface area contributed by atoms with Crippen LogP contribution in [0.3, 0.4) is 0 Å². The number of nitrogens with zero attached hydrogens (tertiary/aromatic N) is 3. The number of benzene rings is 1. The van der Waals surface area contributed by atoms with Crippen molar-refractivity contribution in [2.75, 3.05) is 6.54 Å². The SMILES string of the molecule is CCNCc1ccc(Sc2cnn(C)c2)c(C#N)c1. The van der Waals surface area contributed by atoms with Crippen molar-refractivity contribution in [1.29, 1.82) is 5.26 Å². The zero-order valence-electron chi connectivity index (χ0n) is 11.1. The lowest BCUT2D eigenvalue weighted by Crippen LogP contribution is -2.11. The Bertz CT molecular complexity index is 598. The topological polar surface area (TPSA) is 53.6 Å². The van der Waals surface area contributed by atoms with Crippen LogP contribution in [0, 0.1) is 11.3 Å². The van der Waals surface area contributed by atoms with Crippen molar-refractivity contribution in [2.45, 2.75) is 23.3 Å². The summed E-state index contributed by atoms with van der Waals surface area (Å²) in [6.45, 7) is 3.79. The average molecular weight is 272 g/mol. The molecule has 0 unspecified atom stereocenters. The molecule has 0 saturated carbocycles. The van der Waals surface area contributed by atoms with E-state index in [2.05, 4.69) is 29.5 Å². The molecule has 4 nitrogen and oxygen atoms in total. The van der Waals surface area contributed by atoms with Gasteiger partial charge in [0.1, 0.15) is 6.07 Å². The fourth-order valence-electron chi connectivity index (χ4n) is 1.71. The van der Waals surface area contributed by atoms with Gasteiger partial charge < -0.3 is 5.32 Å². The summed E-state index contributed by atoms with van der Waals surface area (Å²) in [6, 6.07) is 8.27. The molecule has 2 rings (SSSR count). The fourth-order valence-corrected chi connectivity index (χ4v) is 2.62. The molecule has 0 fully saturated rings. The number of aryl methyl sites for hydroxylation is 1. The first-order chi connectivity index (χ1) is 9.22. The molecule has 1 aromatic heterocycles. The quantitative estimate of drug-likeness (QED) is 0.909. The molecule has 0 bridgehead atoms. The summed E-state index contributed by atoms with van der Waals surface area (Å²) in [4.78, 5) is 2.01. The highest BCUT2D eigenvalue weighted by Gasteiger charge is 2.07. The lowest BCUT2D eigenvalue weighted by Gasteiger charge is -2.06. The Morgan fingerprint density at radius 1 is 1.47 bits per heavy atom. The summed E-state index contributed by atoms with van der Waals surface area (Å²) >= 11 is 1.57. The Morgan fingerprint density at radius 2 is 2.32 bits per heavy atom. The maximum Gasteiger partial charge on any atom is 0.100 e. The lowest BCUT2D eigenvalue weighted by molar-refractivity contribution is 0.726. The summed E-state index contributed by atoms with van der Waals surface area (Å²) in [5.41, 5.74) is 1.85. The van der Waals surface area contributed by atoms with Gasteiger partial charge in [0, 0.05) is 24.7 Å². The van der Waals surface area contributed by atoms with Crippen molar-refractivity contribution in [3.63, 3.8) is 0 Å². The van der Waals surface area contributed by atoms with E-state index < -0.39 is 0 Å². The van der Waals surface area contributed by atoms with Crippen molar-refractivity contribution in [1.82, 2.24) is 15.1 Å². The van der Waals surface area contributed by atoms with Crippen molar-refractivity contribution >= 4 is 11.8 Å². The predicted molar refractivity (Wildman–Crippen MR) is 75.9 cm³/mol. The minimum Gasteiger partial charge on any atom is -0.313 e. The highest BCUT2D eigenvalue weighted by atomic mass is 32.2. The molecule has 0 spiro atoms. The van der Waals surface area contributed by atoms with E-state index in [1.165, 1.54) is 0 Å². The first-order valence-corrected chi connectivity index (χ1v) is 6.95. The summed E-state index contributed by atoms with van der Waals surface area (Å²) in [7, 11) is 1.88. The van der Waals surface area contributed by atoms with E-state index in [1.54, 1.807) is 22.6 Å². The minimum atomic E-state index is 0.712. The number of rotatable bonds is 5. The molecule has 0 saturated heterocycles. The molecule has 0 aliphatic rings. The molecule has 0 aliphatic carbocycles. The smallest absolute Gasteiger partial charge is 0.100 e. The first-order valence-electron chi connectivity index (χ1n) is 6.13. The van der Waals surface area contributed by atoms with Gasteiger partial charge in [-0.15, -0.1) is 0 Å². The van der Waals surface area contributed by atoms with Crippen LogP contribution in [0.4, 0.5) is 0 Å². The van der Waals surface area contributed by atoms with Gasteiger partial charge in [-0.1, -0.05) is 24.8 Å². The maximum atomic E-state index is 9.25. The second-order valence-corrected chi connectivity index (χ2v) is 5.29. The maximum absolute atomic E-state index is 9.25. The predicted octanol–water partition coefficient (Wildman–Crippen LogP) is 2.55. The molecule has 1 heterocycles. The number of nitriles is 1. The molecule has 98 valence electrons. The second kappa shape index (κ2) is 6.41. The number of hydrogen-bond donors (Lipinski definition) is 1. The molecule has 0 atom stereocenters. The molecule has 2 aromatic rings. The van der Waals surface area contributed by atoms with Crippen molar-refractivity contribution in [2.24, 2.45) is 7.05 Å². The van der Waals surface area contributed by atoms with Gasteiger partial charge in [0.15, 0.2) is 0 Å². The van der Waals surface area contributed by atoms with Gasteiger partial charge in [0.05, 0.1) is 16.7 Å². The summed E-state index contributed by atoms with van der Waals surface area (Å²) in [5, 5.41) is 16.6. The Morgan fingerprint density at radius 3 is 2.95 bits per heavy atom. The third-order valence-electron chi connectivity index (χ3n) is 2.65. The summed E-state index contributed by atoms with van der Waals surface area (Å²) in [5.74, 6) is 0. The number of aromatic nitrogens is 2. The third kappa shape index (κ3) is 3.60. The Labute approximate surface area is 117 Å². The van der Waals surface area contributed by atoms with Gasteiger partial charge in [-0.05, 0) is 24.2 Å². The first kappa shape index (κ1) is 13.7. The number of nitrogens with one attached hydrogen (secondary N) is 1. The Hall–Kier alpha value is -1.77. The molecule has 0 amide bonds. The average Bonchev–Trinajstić information content (AvgIpc) is 2.83. The summed E-state index contributed by atoms with van der Waals surface area (Å²) < 4.78 is 1.76. The van der Waals surface area contributed by atoms with Crippen LogP contribution < -0.4 is 5.32 Å². The molecular weight excluding hydrogens is 256 g/mol. The Kier molecular flexibility index (Phi) is 4.61. The zero-order chi connectivity index (χ0) is 13.7. The summed E-state index contributed by atoms with van der Waals surface area (Å²) in [6.07, 6.45) is 3.75. The van der Waals surface area contributed by atoms with E-state index in [1.807, 2.05) is 25.4 Å². The van der Waals surface area contributed by atoms with Gasteiger partial charge in [-0.2, -0.15) is 10.4 Å². The largest absolute Gasteiger partial charge is 0.313 e. The molecule has 1 aromatic carbocycles. The molecule has 0 aliphatic heterocycles. The molecule has 19 heavy (non-hydrogen) atoms. The van der Waals surface area contributed by atoms with Gasteiger partial charge in [-0.3, -0.25) is 4.68 Å². The minimum absolute atomic E-state index is 0.712. The van der Waals surface area contributed by atoms with Crippen LogP contribution in [-0.2, 0) is 13.6 Å². The normalized spacial score (nSPS) is 10.4. The second-order valence-electron chi connectivity index (χ2n) is 4.17. The van der Waals surface area contributed by atoms with E-state index >= 15 is 0 Å². The lowest BCUT2D eigenvalue weighted by atomic mass is 10.1. The van der Waals surface area contributed by atoms with Crippen LogP contribution in [0.1, 0.15) is 18.1 Å². The monoisotopic (exact) mass is 272 g/mol. The fraction of sp³-hybridized carbons (Fsp3) is 0.286. The molecule has 1 N–H and O–H groups in total. The van der Waals surface area contributed by atoms with E-state index in [0.29, 0.717) is 5.56 Å². The third-order valence-corrected chi connectivity index (χ3v) is 3.67. The van der Waals surface area contributed by atoms with Crippen LogP contribution in [0.15, 0.2) is 40.4 Å².